The van der Waals surface area contributed by atoms with E-state index >= 15 is 0 Å². The number of nitrogen functional groups attached to an aromatic ring is 1. The molecule has 0 atom stereocenters. The summed E-state index contributed by atoms with van der Waals surface area (Å²) in [5, 5.41) is 10.4. The molecule has 3 N–H and O–H groups in total. The summed E-state index contributed by atoms with van der Waals surface area (Å²) in [4.78, 5) is 0. The van der Waals surface area contributed by atoms with Gasteiger partial charge in [0.15, 0.2) is 5.82 Å². The molecule has 2 heterocycles. The maximum absolute atomic E-state index is 5.68. The second-order valence-electron chi connectivity index (χ2n) is 2.92. The molecule has 0 aliphatic rings. The molecule has 0 aliphatic heterocycles. The van der Waals surface area contributed by atoms with E-state index in [1.165, 1.54) is 4.68 Å². The largest absolute Gasteiger partial charge is 0.361 e. The van der Waals surface area contributed by atoms with Gasteiger partial charge in [-0.1, -0.05) is 5.16 Å². The summed E-state index contributed by atoms with van der Waals surface area (Å²) in [6, 6.07) is 0. The third-order valence-electron chi connectivity index (χ3n) is 1.96. The van der Waals surface area contributed by atoms with E-state index in [-0.39, 0.29) is 0 Å². The van der Waals surface area contributed by atoms with Crippen molar-refractivity contribution in [3.05, 3.63) is 16.2 Å². The van der Waals surface area contributed by atoms with Crippen LogP contribution >= 0.6 is 12.2 Å². The third-order valence-corrected chi connectivity index (χ3v) is 2.25. The first-order chi connectivity index (χ1) is 6.61. The summed E-state index contributed by atoms with van der Waals surface area (Å²) in [7, 11) is 0. The fourth-order valence-electron chi connectivity index (χ4n) is 1.28. The van der Waals surface area contributed by atoms with Gasteiger partial charge in [0.25, 0.3) is 0 Å². The number of nitrogens with zero attached hydrogens (tertiary/aromatic N) is 3. The summed E-state index contributed by atoms with van der Waals surface area (Å²) in [5.74, 6) is 6.88. The lowest BCUT2D eigenvalue weighted by Crippen LogP contribution is -2.10. The van der Waals surface area contributed by atoms with Crippen LogP contribution in [0, 0.1) is 18.6 Å². The van der Waals surface area contributed by atoms with Crippen LogP contribution in [0.4, 0.5) is 0 Å². The predicted octanol–water partition coefficient (Wildman–Crippen LogP) is 0.926. The zero-order chi connectivity index (χ0) is 10.3. The van der Waals surface area contributed by atoms with Crippen molar-refractivity contribution in [2.45, 2.75) is 13.8 Å². The van der Waals surface area contributed by atoms with Crippen molar-refractivity contribution in [1.29, 1.82) is 0 Å². The Morgan fingerprint density at radius 1 is 1.50 bits per heavy atom. The van der Waals surface area contributed by atoms with E-state index in [1.807, 2.05) is 6.92 Å². The molecule has 6 nitrogen and oxygen atoms in total. The fourth-order valence-corrected chi connectivity index (χ4v) is 1.42. The van der Waals surface area contributed by atoms with Gasteiger partial charge in [-0.2, -0.15) is 5.10 Å². The van der Waals surface area contributed by atoms with Crippen LogP contribution in [0.3, 0.4) is 0 Å². The molecule has 2 aromatic heterocycles. The number of aromatic nitrogens is 4. The average molecular weight is 211 g/mol. The van der Waals surface area contributed by atoms with E-state index in [4.69, 9.17) is 22.6 Å². The van der Waals surface area contributed by atoms with Crippen molar-refractivity contribution < 1.29 is 4.52 Å². The molecule has 14 heavy (non-hydrogen) atoms. The van der Waals surface area contributed by atoms with E-state index < -0.39 is 0 Å². The summed E-state index contributed by atoms with van der Waals surface area (Å²) in [6.07, 6.45) is 0. The fraction of sp³-hybridized carbons (Fsp3) is 0.286. The highest BCUT2D eigenvalue weighted by atomic mass is 32.1. The molecule has 0 amide bonds. The lowest BCUT2D eigenvalue weighted by atomic mass is 10.2. The van der Waals surface area contributed by atoms with E-state index in [9.17, 15) is 0 Å². The number of nitrogens with two attached hydrogens (primary N) is 1. The summed E-state index contributed by atoms with van der Waals surface area (Å²) < 4.78 is 6.66. The van der Waals surface area contributed by atoms with Gasteiger partial charge in [0.2, 0.25) is 4.77 Å². The highest BCUT2D eigenvalue weighted by Gasteiger charge is 2.16. The Hall–Kier alpha value is -1.63. The van der Waals surface area contributed by atoms with Gasteiger partial charge in [0.05, 0.1) is 11.3 Å². The number of rotatable bonds is 1. The molecule has 0 unspecified atom stereocenters. The van der Waals surface area contributed by atoms with Crippen LogP contribution < -0.4 is 5.84 Å². The molecule has 0 saturated heterocycles. The Morgan fingerprint density at radius 2 is 2.21 bits per heavy atom. The molecule has 0 fully saturated rings. The maximum Gasteiger partial charge on any atom is 0.214 e. The van der Waals surface area contributed by atoms with E-state index in [0.717, 1.165) is 11.3 Å². The average Bonchev–Trinajstić information content (AvgIpc) is 2.62. The van der Waals surface area contributed by atoms with Crippen molar-refractivity contribution in [1.82, 2.24) is 20.0 Å². The van der Waals surface area contributed by atoms with Crippen molar-refractivity contribution in [3.8, 4) is 11.4 Å². The maximum atomic E-state index is 5.68. The van der Waals surface area contributed by atoms with Crippen LogP contribution in [0.25, 0.3) is 11.4 Å². The molecule has 0 spiro atoms. The van der Waals surface area contributed by atoms with E-state index in [2.05, 4.69) is 15.4 Å². The highest BCUT2D eigenvalue weighted by molar-refractivity contribution is 7.71. The topological polar surface area (TPSA) is 85.7 Å². The van der Waals surface area contributed by atoms with Crippen LogP contribution in [0.1, 0.15) is 11.5 Å². The van der Waals surface area contributed by atoms with Crippen molar-refractivity contribution >= 4 is 12.2 Å². The van der Waals surface area contributed by atoms with Gasteiger partial charge >= 0.3 is 0 Å². The van der Waals surface area contributed by atoms with Crippen molar-refractivity contribution in [2.75, 3.05) is 5.84 Å². The Labute approximate surface area is 84.7 Å². The zero-order valence-corrected chi connectivity index (χ0v) is 8.55. The first kappa shape index (κ1) is 8.95. The highest BCUT2D eigenvalue weighted by Crippen LogP contribution is 2.23. The molecule has 0 radical (unpaired) electrons. The molecule has 0 aliphatic carbocycles. The van der Waals surface area contributed by atoms with Gasteiger partial charge in [0, 0.05) is 0 Å². The van der Waals surface area contributed by atoms with Gasteiger partial charge in [-0.05, 0) is 26.1 Å². The van der Waals surface area contributed by atoms with E-state index in [0.29, 0.717) is 16.4 Å². The first-order valence-corrected chi connectivity index (χ1v) is 4.38. The van der Waals surface area contributed by atoms with Gasteiger partial charge in [-0.15, -0.1) is 0 Å². The SMILES string of the molecule is Cc1noc(C)c1-c1n[nH]c(=S)n1N. The minimum Gasteiger partial charge on any atom is -0.361 e. The zero-order valence-electron chi connectivity index (χ0n) is 7.74. The molecule has 0 aromatic carbocycles. The van der Waals surface area contributed by atoms with Gasteiger partial charge in [0.1, 0.15) is 5.76 Å². The normalized spacial score (nSPS) is 10.7. The monoisotopic (exact) mass is 211 g/mol. The molecule has 0 bridgehead atoms. The van der Waals surface area contributed by atoms with Crippen LogP contribution in [-0.4, -0.2) is 20.0 Å². The second kappa shape index (κ2) is 2.95. The summed E-state index contributed by atoms with van der Waals surface area (Å²) >= 11 is 4.90. The number of aryl methyl sites for hydroxylation is 2. The number of aromatic amines is 1. The number of H-pyrrole nitrogens is 1. The van der Waals surface area contributed by atoms with Gasteiger partial charge in [-0.3, -0.25) is 0 Å². The van der Waals surface area contributed by atoms with Crippen LogP contribution in [0.2, 0.25) is 0 Å². The van der Waals surface area contributed by atoms with Gasteiger partial charge < -0.3 is 10.4 Å². The molecule has 7 heteroatoms. The van der Waals surface area contributed by atoms with Crippen LogP contribution in [-0.2, 0) is 0 Å². The Balaban J connectivity index is 2.71. The second-order valence-corrected chi connectivity index (χ2v) is 3.31. The quantitative estimate of drug-likeness (QED) is 0.541. The third kappa shape index (κ3) is 1.13. The first-order valence-electron chi connectivity index (χ1n) is 3.97. The number of hydrogen-bond donors (Lipinski definition) is 2. The van der Waals surface area contributed by atoms with Gasteiger partial charge in [-0.25, -0.2) is 9.77 Å². The molecular formula is C7H9N5OS. The lowest BCUT2D eigenvalue weighted by Gasteiger charge is -1.97. The Morgan fingerprint density at radius 3 is 2.64 bits per heavy atom. The van der Waals surface area contributed by atoms with Crippen LogP contribution in [0.5, 0.6) is 0 Å². The molecule has 2 rings (SSSR count). The predicted molar refractivity (Wildman–Crippen MR) is 52.5 cm³/mol. The lowest BCUT2D eigenvalue weighted by molar-refractivity contribution is 0.393. The van der Waals surface area contributed by atoms with Crippen molar-refractivity contribution in [3.63, 3.8) is 0 Å². The van der Waals surface area contributed by atoms with Crippen LogP contribution in [0.15, 0.2) is 4.52 Å². The standard InChI is InChI=1S/C7H9N5OS/c1-3-5(4(2)13-11-3)6-9-10-7(14)12(6)8/h8H2,1-2H3,(H,10,14). The minimum atomic E-state index is 0.361. The minimum absolute atomic E-state index is 0.361. The number of hydrogen-bond acceptors (Lipinski definition) is 5. The van der Waals surface area contributed by atoms with Crippen molar-refractivity contribution in [2.24, 2.45) is 0 Å². The Kier molecular flexibility index (Phi) is 1.88. The molecule has 0 saturated carbocycles. The molecular weight excluding hydrogens is 202 g/mol. The molecule has 2 aromatic rings. The molecule has 74 valence electrons. The summed E-state index contributed by atoms with van der Waals surface area (Å²) in [6.45, 7) is 3.62. The number of nitrogens with one attached hydrogen (secondary N) is 1. The summed E-state index contributed by atoms with van der Waals surface area (Å²) in [5.41, 5.74) is 1.52. The Bertz CT molecular complexity index is 503. The van der Waals surface area contributed by atoms with E-state index in [1.54, 1.807) is 6.92 Å². The smallest absolute Gasteiger partial charge is 0.214 e.